The molecule has 0 unspecified atom stereocenters. The Balaban J connectivity index is 2.46. The van der Waals surface area contributed by atoms with Crippen molar-refractivity contribution in [1.29, 1.82) is 0 Å². The number of nitrogens with one attached hydrogen (secondary N) is 1. The van der Waals surface area contributed by atoms with Crippen molar-refractivity contribution in [1.82, 2.24) is 5.32 Å². The lowest BCUT2D eigenvalue weighted by Crippen LogP contribution is -2.27. The Labute approximate surface area is 114 Å². The highest BCUT2D eigenvalue weighted by Crippen LogP contribution is 2.15. The van der Waals surface area contributed by atoms with Crippen LogP contribution in [0.15, 0.2) is 35.5 Å². The molecule has 0 aliphatic heterocycles. The van der Waals surface area contributed by atoms with Crippen LogP contribution in [0.4, 0.5) is 0 Å². The number of nitroso groups, excluding NO2 is 1. The van der Waals surface area contributed by atoms with Crippen LogP contribution in [-0.2, 0) is 4.79 Å². The molecule has 4 heteroatoms. The SMILES string of the molecule is CCC[C@@H](CN[C@@H](C)c1ccccc1)CC(=O)N=O. The molecule has 4 nitrogen and oxygen atoms in total. The number of hydrogen-bond donors (Lipinski definition) is 1. The summed E-state index contributed by atoms with van der Waals surface area (Å²) in [5, 5.41) is 5.90. The topological polar surface area (TPSA) is 58.5 Å². The minimum atomic E-state index is -0.549. The molecule has 0 fully saturated rings. The molecule has 0 aliphatic carbocycles. The highest BCUT2D eigenvalue weighted by molar-refractivity contribution is 5.76. The standard InChI is InChI=1S/C15H22N2O2/c1-3-7-13(10-15(18)17-19)11-16-12(2)14-8-5-4-6-9-14/h4-6,8-9,12-13,16H,3,7,10-11H2,1-2H3/t12-,13+/m0/s1. The number of nitrogens with zero attached hydrogens (tertiary/aromatic N) is 1. The van der Waals surface area contributed by atoms with E-state index in [1.807, 2.05) is 18.2 Å². The van der Waals surface area contributed by atoms with E-state index in [1.54, 1.807) is 0 Å². The maximum absolute atomic E-state index is 11.1. The molecule has 1 rings (SSSR count). The maximum atomic E-state index is 11.1. The Kier molecular flexibility index (Phi) is 6.97. The van der Waals surface area contributed by atoms with Gasteiger partial charge in [-0.2, -0.15) is 0 Å². The van der Waals surface area contributed by atoms with E-state index in [2.05, 4.69) is 36.5 Å². The first kappa shape index (κ1) is 15.5. The van der Waals surface area contributed by atoms with Crippen molar-refractivity contribution in [3.63, 3.8) is 0 Å². The van der Waals surface area contributed by atoms with Crippen molar-refractivity contribution in [3.8, 4) is 0 Å². The summed E-state index contributed by atoms with van der Waals surface area (Å²) in [4.78, 5) is 21.3. The molecule has 19 heavy (non-hydrogen) atoms. The van der Waals surface area contributed by atoms with Gasteiger partial charge in [-0.25, -0.2) is 0 Å². The van der Waals surface area contributed by atoms with Crippen LogP contribution < -0.4 is 5.32 Å². The summed E-state index contributed by atoms with van der Waals surface area (Å²) in [5.41, 5.74) is 1.22. The second-order valence-electron chi connectivity index (χ2n) is 4.88. The lowest BCUT2D eigenvalue weighted by Gasteiger charge is -2.19. The highest BCUT2D eigenvalue weighted by atomic mass is 16.3. The zero-order valence-corrected chi connectivity index (χ0v) is 11.6. The summed E-state index contributed by atoms with van der Waals surface area (Å²) >= 11 is 0. The second-order valence-corrected chi connectivity index (χ2v) is 4.88. The van der Waals surface area contributed by atoms with Gasteiger partial charge in [0.05, 0.1) is 0 Å². The molecule has 1 amide bonds. The second kappa shape index (κ2) is 8.53. The van der Waals surface area contributed by atoms with Crippen LogP contribution >= 0.6 is 0 Å². The number of hydrogen-bond acceptors (Lipinski definition) is 3. The maximum Gasteiger partial charge on any atom is 0.286 e. The quantitative estimate of drug-likeness (QED) is 0.730. The van der Waals surface area contributed by atoms with Gasteiger partial charge >= 0.3 is 0 Å². The van der Waals surface area contributed by atoms with Crippen LogP contribution in [0.25, 0.3) is 0 Å². The summed E-state index contributed by atoms with van der Waals surface area (Å²) in [7, 11) is 0. The number of amides is 1. The van der Waals surface area contributed by atoms with Gasteiger partial charge in [-0.1, -0.05) is 43.7 Å². The first-order chi connectivity index (χ1) is 9.17. The minimum Gasteiger partial charge on any atom is -0.310 e. The Morgan fingerprint density at radius 1 is 1.32 bits per heavy atom. The van der Waals surface area contributed by atoms with Crippen molar-refractivity contribution < 1.29 is 4.79 Å². The van der Waals surface area contributed by atoms with Crippen molar-refractivity contribution in [2.45, 2.75) is 39.2 Å². The van der Waals surface area contributed by atoms with Crippen molar-refractivity contribution in [2.75, 3.05) is 6.54 Å². The van der Waals surface area contributed by atoms with Gasteiger partial charge in [0, 0.05) is 17.6 Å². The number of rotatable bonds is 8. The molecule has 0 aliphatic rings. The predicted octanol–water partition coefficient (Wildman–Crippen LogP) is 3.44. The van der Waals surface area contributed by atoms with Gasteiger partial charge in [-0.05, 0) is 31.4 Å². The van der Waals surface area contributed by atoms with E-state index in [-0.39, 0.29) is 18.4 Å². The smallest absolute Gasteiger partial charge is 0.286 e. The van der Waals surface area contributed by atoms with Crippen LogP contribution in [0.3, 0.4) is 0 Å². The first-order valence-electron chi connectivity index (χ1n) is 6.81. The molecule has 1 aromatic carbocycles. The summed E-state index contributed by atoms with van der Waals surface area (Å²) in [6.45, 7) is 4.90. The molecule has 0 radical (unpaired) electrons. The van der Waals surface area contributed by atoms with Crippen LogP contribution in [0.5, 0.6) is 0 Å². The zero-order valence-electron chi connectivity index (χ0n) is 11.6. The largest absolute Gasteiger partial charge is 0.310 e. The van der Waals surface area contributed by atoms with E-state index in [4.69, 9.17) is 0 Å². The summed E-state index contributed by atoms with van der Waals surface area (Å²) in [6.07, 6.45) is 2.17. The zero-order chi connectivity index (χ0) is 14.1. The first-order valence-corrected chi connectivity index (χ1v) is 6.81. The van der Waals surface area contributed by atoms with E-state index in [1.165, 1.54) is 5.56 Å². The molecule has 2 atom stereocenters. The van der Waals surface area contributed by atoms with Crippen LogP contribution in [0.2, 0.25) is 0 Å². The van der Waals surface area contributed by atoms with Crippen LogP contribution in [-0.4, -0.2) is 12.5 Å². The fourth-order valence-corrected chi connectivity index (χ4v) is 2.17. The molecule has 1 N–H and O–H groups in total. The molecule has 0 aromatic heterocycles. The summed E-state index contributed by atoms with van der Waals surface area (Å²) < 4.78 is 0. The summed E-state index contributed by atoms with van der Waals surface area (Å²) in [6, 6.07) is 10.4. The molecule has 104 valence electrons. The van der Waals surface area contributed by atoms with Crippen molar-refractivity contribution in [2.24, 2.45) is 11.1 Å². The molecule has 0 bridgehead atoms. The lowest BCUT2D eigenvalue weighted by molar-refractivity contribution is -0.118. The van der Waals surface area contributed by atoms with Gasteiger partial charge in [-0.15, -0.1) is 4.91 Å². The van der Waals surface area contributed by atoms with E-state index in [0.717, 1.165) is 19.4 Å². The van der Waals surface area contributed by atoms with Crippen molar-refractivity contribution in [3.05, 3.63) is 40.8 Å². The van der Waals surface area contributed by atoms with Crippen LogP contribution in [0, 0.1) is 10.8 Å². The van der Waals surface area contributed by atoms with E-state index in [9.17, 15) is 9.70 Å². The third kappa shape index (κ3) is 5.75. The van der Waals surface area contributed by atoms with Gasteiger partial charge in [0.15, 0.2) is 0 Å². The molecule has 0 spiro atoms. The molecular weight excluding hydrogens is 240 g/mol. The highest BCUT2D eigenvalue weighted by Gasteiger charge is 2.15. The van der Waals surface area contributed by atoms with Gasteiger partial charge in [0.25, 0.3) is 5.91 Å². The average molecular weight is 262 g/mol. The van der Waals surface area contributed by atoms with Gasteiger partial charge in [0.1, 0.15) is 0 Å². The third-order valence-corrected chi connectivity index (χ3v) is 3.27. The minimum absolute atomic E-state index is 0.182. The molecule has 1 aromatic rings. The van der Waals surface area contributed by atoms with Gasteiger partial charge in [0.2, 0.25) is 0 Å². The van der Waals surface area contributed by atoms with E-state index in [0.29, 0.717) is 0 Å². The number of carbonyl (C=O) groups is 1. The normalized spacial score (nSPS) is 13.8. The fourth-order valence-electron chi connectivity index (χ4n) is 2.17. The molecule has 0 saturated carbocycles. The average Bonchev–Trinajstić information content (AvgIpc) is 2.45. The van der Waals surface area contributed by atoms with Crippen LogP contribution in [0.1, 0.15) is 44.7 Å². The summed E-state index contributed by atoms with van der Waals surface area (Å²) in [5.74, 6) is -0.367. The Morgan fingerprint density at radius 3 is 2.58 bits per heavy atom. The Morgan fingerprint density at radius 2 is 2.00 bits per heavy atom. The molecule has 0 saturated heterocycles. The fraction of sp³-hybridized carbons (Fsp3) is 0.533. The predicted molar refractivity (Wildman–Crippen MR) is 76.7 cm³/mol. The Hall–Kier alpha value is -1.55. The number of benzene rings is 1. The van der Waals surface area contributed by atoms with Gasteiger partial charge in [-0.3, -0.25) is 4.79 Å². The molecular formula is C15H22N2O2. The van der Waals surface area contributed by atoms with Crippen molar-refractivity contribution >= 4 is 5.91 Å². The monoisotopic (exact) mass is 262 g/mol. The number of carbonyl (C=O) groups excluding carboxylic acids is 1. The Bertz CT molecular complexity index is 392. The lowest BCUT2D eigenvalue weighted by atomic mass is 9.98. The van der Waals surface area contributed by atoms with E-state index < -0.39 is 5.91 Å². The van der Waals surface area contributed by atoms with E-state index >= 15 is 0 Å². The third-order valence-electron chi connectivity index (χ3n) is 3.27. The molecule has 0 heterocycles. The van der Waals surface area contributed by atoms with Gasteiger partial charge < -0.3 is 5.32 Å².